The summed E-state index contributed by atoms with van der Waals surface area (Å²) in [5.74, 6) is -0.0625. The molecule has 0 aliphatic heterocycles. The van der Waals surface area contributed by atoms with Crippen LogP contribution in [0.25, 0.3) is 33.3 Å². The Bertz CT molecular complexity index is 1400. The first-order valence-corrected chi connectivity index (χ1v) is 11.1. The van der Waals surface area contributed by atoms with Crippen molar-refractivity contribution in [1.82, 2.24) is 4.98 Å². The molecule has 0 unspecified atom stereocenters. The number of pyridine rings is 1. The third kappa shape index (κ3) is 5.04. The molecule has 1 aromatic heterocycles. The van der Waals surface area contributed by atoms with Gasteiger partial charge in [0.15, 0.2) is 5.78 Å². The molecule has 0 saturated carbocycles. The Morgan fingerprint density at radius 1 is 0.971 bits per heavy atom. The van der Waals surface area contributed by atoms with Gasteiger partial charge in [-0.3, -0.25) is 9.78 Å². The minimum atomic E-state index is -0.125. The Hall–Kier alpha value is -3.07. The van der Waals surface area contributed by atoms with Crippen molar-refractivity contribution in [2.24, 2.45) is 0 Å². The fraction of sp³-hybridized carbons (Fsp3) is 0.200. The van der Waals surface area contributed by atoms with Crippen molar-refractivity contribution in [2.45, 2.75) is 40.0 Å². The molecule has 4 aromatic rings. The number of carbonyl (C=O) groups excluding carboxylic acids is 1. The minimum Gasteiger partial charge on any atom is -0.512 e. The first kappa shape index (κ1) is 25.6. The Morgan fingerprint density at radius 3 is 2.35 bits per heavy atom. The van der Waals surface area contributed by atoms with Crippen LogP contribution >= 0.6 is 0 Å². The molecule has 3 nitrogen and oxygen atoms in total. The van der Waals surface area contributed by atoms with Crippen LogP contribution in [-0.4, -0.2) is 15.9 Å². The summed E-state index contributed by atoms with van der Waals surface area (Å²) in [5, 5.41) is 9.55. The molecule has 34 heavy (non-hydrogen) atoms. The molecule has 1 aliphatic rings. The van der Waals surface area contributed by atoms with Crippen LogP contribution in [0.3, 0.4) is 0 Å². The van der Waals surface area contributed by atoms with Crippen LogP contribution in [0.4, 0.5) is 0 Å². The van der Waals surface area contributed by atoms with Crippen LogP contribution in [0.15, 0.2) is 78.6 Å². The fourth-order valence-electron chi connectivity index (χ4n) is 4.49. The smallest absolute Gasteiger partial charge is 0.155 e. The second-order valence-electron chi connectivity index (χ2n) is 9.13. The van der Waals surface area contributed by atoms with Gasteiger partial charge in [0.05, 0.1) is 11.3 Å². The summed E-state index contributed by atoms with van der Waals surface area (Å²) in [6.45, 7) is 9.56. The van der Waals surface area contributed by atoms with Gasteiger partial charge in [-0.2, -0.15) is 0 Å². The number of aliphatic hydroxyl groups is 1. The largest absolute Gasteiger partial charge is 0.512 e. The van der Waals surface area contributed by atoms with Crippen LogP contribution in [0.2, 0.25) is 0 Å². The number of nitrogens with zero attached hydrogens (tertiary/aromatic N) is 1. The maximum absolute atomic E-state index is 10.0. The van der Waals surface area contributed by atoms with Gasteiger partial charge in [0.2, 0.25) is 0 Å². The SMILES string of the molecule is CC(=O)/C=C(/C)O.Cc1cc[c-]c(-c2ccc3cc4c(cc3n2)C(C)(C)c2ccccc2-4)c1.[Ir]. The topological polar surface area (TPSA) is 50.2 Å². The van der Waals surface area contributed by atoms with E-state index in [1.165, 1.54) is 53.1 Å². The third-order valence-corrected chi connectivity index (χ3v) is 6.04. The van der Waals surface area contributed by atoms with Crippen molar-refractivity contribution in [3.05, 3.63) is 101 Å². The molecule has 0 saturated heterocycles. The molecule has 0 atom stereocenters. The zero-order valence-corrected chi connectivity index (χ0v) is 22.5. The molecule has 0 spiro atoms. The number of aromatic nitrogens is 1. The predicted octanol–water partition coefficient (Wildman–Crippen LogP) is 7.35. The molecule has 1 aliphatic carbocycles. The number of aliphatic hydroxyl groups excluding tert-OH is 1. The van der Waals surface area contributed by atoms with Gasteiger partial charge in [0, 0.05) is 31.6 Å². The molecule has 5 rings (SSSR count). The van der Waals surface area contributed by atoms with Gasteiger partial charge < -0.3 is 5.11 Å². The predicted molar refractivity (Wildman–Crippen MR) is 135 cm³/mol. The summed E-state index contributed by atoms with van der Waals surface area (Å²) in [7, 11) is 0. The summed E-state index contributed by atoms with van der Waals surface area (Å²) in [4.78, 5) is 15.0. The maximum atomic E-state index is 10.0. The number of fused-ring (bicyclic) bond motifs is 4. The van der Waals surface area contributed by atoms with Gasteiger partial charge in [-0.05, 0) is 59.3 Å². The Kier molecular flexibility index (Phi) is 7.55. The van der Waals surface area contributed by atoms with E-state index in [2.05, 4.69) is 87.5 Å². The summed E-state index contributed by atoms with van der Waals surface area (Å²) in [5.41, 5.74) is 9.78. The summed E-state index contributed by atoms with van der Waals surface area (Å²) in [6, 6.07) is 27.1. The van der Waals surface area contributed by atoms with E-state index in [0.29, 0.717) is 0 Å². The molecule has 1 heterocycles. The zero-order valence-electron chi connectivity index (χ0n) is 20.1. The molecular formula is C30H28IrNO2-. The number of aryl methyl sites for hydroxylation is 1. The second kappa shape index (κ2) is 10.0. The van der Waals surface area contributed by atoms with Crippen LogP contribution < -0.4 is 0 Å². The van der Waals surface area contributed by atoms with E-state index < -0.39 is 0 Å². The van der Waals surface area contributed by atoms with Gasteiger partial charge >= 0.3 is 0 Å². The third-order valence-electron chi connectivity index (χ3n) is 6.04. The van der Waals surface area contributed by atoms with Crippen molar-refractivity contribution in [3.63, 3.8) is 0 Å². The number of allylic oxidation sites excluding steroid dienone is 2. The summed E-state index contributed by atoms with van der Waals surface area (Å²) < 4.78 is 0. The minimum absolute atomic E-state index is 0. The van der Waals surface area contributed by atoms with Crippen molar-refractivity contribution >= 4 is 16.7 Å². The number of carbonyl (C=O) groups is 1. The molecule has 0 bridgehead atoms. The Morgan fingerprint density at radius 2 is 1.71 bits per heavy atom. The van der Waals surface area contributed by atoms with Crippen LogP contribution in [0.5, 0.6) is 0 Å². The van der Waals surface area contributed by atoms with E-state index in [9.17, 15) is 4.79 Å². The van der Waals surface area contributed by atoms with Gasteiger partial charge in [-0.1, -0.05) is 57.2 Å². The van der Waals surface area contributed by atoms with E-state index in [0.717, 1.165) is 16.8 Å². The summed E-state index contributed by atoms with van der Waals surface area (Å²) in [6.07, 6.45) is 1.17. The molecular weight excluding hydrogens is 599 g/mol. The van der Waals surface area contributed by atoms with Gasteiger partial charge in [0.25, 0.3) is 0 Å². The normalized spacial score (nSPS) is 13.3. The molecule has 1 radical (unpaired) electrons. The monoisotopic (exact) mass is 627 g/mol. The average molecular weight is 627 g/mol. The first-order valence-electron chi connectivity index (χ1n) is 11.1. The number of hydrogen-bond acceptors (Lipinski definition) is 3. The number of hydrogen-bond donors (Lipinski definition) is 1. The Balaban J connectivity index is 0.000000357. The van der Waals surface area contributed by atoms with Crippen molar-refractivity contribution in [2.75, 3.05) is 0 Å². The standard InChI is InChI=1S/C25H20N.C5H8O2.Ir/c1-16-7-6-8-17(13-16)23-12-11-18-14-20-19-9-4-5-10-21(19)25(2,3)22(20)15-24(18)26-23;1-4(6)3-5(2)7;/h4-7,9-15H,1-3H3;3,6H,1-2H3;/q-1;;/b;4-3-;. The Labute approximate surface area is 214 Å². The van der Waals surface area contributed by atoms with E-state index in [4.69, 9.17) is 10.1 Å². The molecule has 4 heteroatoms. The molecule has 0 fully saturated rings. The maximum Gasteiger partial charge on any atom is 0.155 e. The van der Waals surface area contributed by atoms with E-state index >= 15 is 0 Å². The summed E-state index contributed by atoms with van der Waals surface area (Å²) >= 11 is 0. The van der Waals surface area contributed by atoms with Crippen LogP contribution in [-0.2, 0) is 30.3 Å². The zero-order chi connectivity index (χ0) is 23.8. The number of rotatable bonds is 2. The number of benzene rings is 3. The van der Waals surface area contributed by atoms with E-state index in [-0.39, 0.29) is 37.1 Å². The fourth-order valence-corrected chi connectivity index (χ4v) is 4.49. The molecule has 3 aromatic carbocycles. The number of ketones is 1. The van der Waals surface area contributed by atoms with E-state index in [1.54, 1.807) is 0 Å². The molecule has 0 amide bonds. The van der Waals surface area contributed by atoms with Crippen molar-refractivity contribution in [1.29, 1.82) is 0 Å². The van der Waals surface area contributed by atoms with Gasteiger partial charge in [-0.15, -0.1) is 35.4 Å². The quantitative estimate of drug-likeness (QED) is 0.144. The van der Waals surface area contributed by atoms with E-state index in [1.807, 2.05) is 6.07 Å². The van der Waals surface area contributed by atoms with Crippen LogP contribution in [0.1, 0.15) is 44.4 Å². The van der Waals surface area contributed by atoms with Crippen LogP contribution in [0, 0.1) is 13.0 Å². The molecule has 175 valence electrons. The first-order chi connectivity index (χ1) is 15.7. The van der Waals surface area contributed by atoms with Crippen molar-refractivity contribution in [3.8, 4) is 22.4 Å². The van der Waals surface area contributed by atoms with Gasteiger partial charge in [0.1, 0.15) is 0 Å². The second-order valence-corrected chi connectivity index (χ2v) is 9.13. The van der Waals surface area contributed by atoms with Crippen molar-refractivity contribution < 1.29 is 30.0 Å². The molecule has 1 N–H and O–H groups in total. The average Bonchev–Trinajstić information content (AvgIpc) is 2.98. The van der Waals surface area contributed by atoms with Gasteiger partial charge in [-0.25, -0.2) is 0 Å².